The highest BCUT2D eigenvalue weighted by Crippen LogP contribution is 2.27. The van der Waals surface area contributed by atoms with Gasteiger partial charge in [-0.25, -0.2) is 0 Å². The highest BCUT2D eigenvalue weighted by Gasteiger charge is 2.44. The monoisotopic (exact) mass is 400 g/mol. The van der Waals surface area contributed by atoms with Crippen LogP contribution >= 0.6 is 0 Å². The summed E-state index contributed by atoms with van der Waals surface area (Å²) < 4.78 is 16.7. The van der Waals surface area contributed by atoms with Crippen molar-refractivity contribution in [2.75, 3.05) is 6.61 Å². The first-order valence-corrected chi connectivity index (χ1v) is 9.08. The van der Waals surface area contributed by atoms with Gasteiger partial charge in [0.15, 0.2) is 5.43 Å². The average Bonchev–Trinajstić information content (AvgIpc) is 2.75. The van der Waals surface area contributed by atoms with Gasteiger partial charge >= 0.3 is 0 Å². The predicted molar refractivity (Wildman–Crippen MR) is 102 cm³/mol. The molecule has 3 aromatic rings. The van der Waals surface area contributed by atoms with Crippen molar-refractivity contribution in [1.29, 1.82) is 0 Å². The number of hydrogen-bond donors (Lipinski definition) is 4. The Morgan fingerprint density at radius 1 is 0.931 bits per heavy atom. The van der Waals surface area contributed by atoms with Crippen LogP contribution in [-0.4, -0.2) is 57.7 Å². The summed E-state index contributed by atoms with van der Waals surface area (Å²) in [6.07, 6.45) is -6.99. The second-order valence-corrected chi connectivity index (χ2v) is 6.81. The van der Waals surface area contributed by atoms with E-state index in [2.05, 4.69) is 0 Å². The van der Waals surface area contributed by atoms with Gasteiger partial charge in [-0.15, -0.1) is 0 Å². The van der Waals surface area contributed by atoms with Crippen molar-refractivity contribution in [3.05, 3.63) is 64.8 Å². The summed E-state index contributed by atoms with van der Waals surface area (Å²) in [6, 6.07) is 15.1. The minimum absolute atomic E-state index is 0.196. The zero-order valence-corrected chi connectivity index (χ0v) is 15.2. The molecule has 0 radical (unpaired) electrons. The van der Waals surface area contributed by atoms with Gasteiger partial charge in [0.05, 0.1) is 12.0 Å². The third-order valence-electron chi connectivity index (χ3n) is 4.86. The molecule has 1 saturated heterocycles. The van der Waals surface area contributed by atoms with Crippen LogP contribution in [0.25, 0.3) is 22.3 Å². The largest absolute Gasteiger partial charge is 0.462 e. The summed E-state index contributed by atoms with van der Waals surface area (Å²) in [5.74, 6) is 0.632. The molecule has 0 bridgehead atoms. The van der Waals surface area contributed by atoms with Gasteiger partial charge < -0.3 is 34.3 Å². The minimum atomic E-state index is -1.55. The van der Waals surface area contributed by atoms with E-state index < -0.39 is 37.3 Å². The predicted octanol–water partition coefficient (Wildman–Crippen LogP) is 0.639. The molecule has 1 aliphatic rings. The molecular formula is C21H20O8. The lowest BCUT2D eigenvalue weighted by Gasteiger charge is -2.39. The average molecular weight is 400 g/mol. The smallest absolute Gasteiger partial charge is 0.229 e. The van der Waals surface area contributed by atoms with Crippen molar-refractivity contribution in [2.45, 2.75) is 30.7 Å². The molecule has 1 aromatic heterocycles. The fourth-order valence-corrected chi connectivity index (χ4v) is 3.25. The van der Waals surface area contributed by atoms with Crippen molar-refractivity contribution in [3.8, 4) is 17.1 Å². The van der Waals surface area contributed by atoms with E-state index in [0.29, 0.717) is 11.3 Å². The number of benzene rings is 2. The number of aliphatic hydroxyl groups excluding tert-OH is 4. The zero-order valence-electron chi connectivity index (χ0n) is 15.2. The molecule has 0 aliphatic carbocycles. The first-order chi connectivity index (χ1) is 14.0. The zero-order chi connectivity index (χ0) is 20.5. The first kappa shape index (κ1) is 19.6. The normalized spacial score (nSPS) is 27.1. The summed E-state index contributed by atoms with van der Waals surface area (Å²) in [5.41, 5.74) is 0.856. The van der Waals surface area contributed by atoms with Crippen molar-refractivity contribution in [2.24, 2.45) is 0 Å². The maximum absolute atomic E-state index is 12.6. The van der Waals surface area contributed by atoms with E-state index in [1.807, 2.05) is 30.3 Å². The highest BCUT2D eigenvalue weighted by atomic mass is 16.7. The second-order valence-electron chi connectivity index (χ2n) is 6.81. The van der Waals surface area contributed by atoms with Gasteiger partial charge in [-0.2, -0.15) is 0 Å². The number of rotatable bonds is 4. The Labute approximate surface area is 165 Å². The van der Waals surface area contributed by atoms with Gasteiger partial charge in [0, 0.05) is 11.6 Å². The van der Waals surface area contributed by atoms with E-state index >= 15 is 0 Å². The summed E-state index contributed by atoms with van der Waals surface area (Å²) >= 11 is 0. The fourth-order valence-electron chi connectivity index (χ4n) is 3.25. The van der Waals surface area contributed by atoms with Crippen LogP contribution in [0.5, 0.6) is 5.75 Å². The van der Waals surface area contributed by atoms with E-state index in [1.54, 1.807) is 6.07 Å². The van der Waals surface area contributed by atoms with Crippen molar-refractivity contribution < 1.29 is 34.3 Å². The molecular weight excluding hydrogens is 380 g/mol. The molecule has 29 heavy (non-hydrogen) atoms. The van der Waals surface area contributed by atoms with E-state index in [0.717, 1.165) is 5.56 Å². The lowest BCUT2D eigenvalue weighted by Crippen LogP contribution is -2.60. The molecule has 5 atom stereocenters. The molecule has 4 N–H and O–H groups in total. The lowest BCUT2D eigenvalue weighted by atomic mass is 9.99. The summed E-state index contributed by atoms with van der Waals surface area (Å²) in [4.78, 5) is 12.6. The van der Waals surface area contributed by atoms with Crippen LogP contribution in [0.1, 0.15) is 0 Å². The Morgan fingerprint density at radius 2 is 1.69 bits per heavy atom. The van der Waals surface area contributed by atoms with Crippen molar-refractivity contribution in [1.82, 2.24) is 0 Å². The molecule has 152 valence electrons. The maximum atomic E-state index is 12.6. The number of hydrogen-bond acceptors (Lipinski definition) is 8. The van der Waals surface area contributed by atoms with E-state index in [4.69, 9.17) is 13.9 Å². The van der Waals surface area contributed by atoms with Gasteiger partial charge in [0.1, 0.15) is 41.5 Å². The molecule has 2 heterocycles. The molecule has 0 amide bonds. The van der Waals surface area contributed by atoms with Crippen LogP contribution < -0.4 is 10.2 Å². The van der Waals surface area contributed by atoms with Gasteiger partial charge in [-0.1, -0.05) is 30.3 Å². The van der Waals surface area contributed by atoms with Crippen LogP contribution in [0.15, 0.2) is 63.8 Å². The number of aliphatic hydroxyl groups is 4. The van der Waals surface area contributed by atoms with Crippen LogP contribution in [-0.2, 0) is 4.74 Å². The Morgan fingerprint density at radius 3 is 2.41 bits per heavy atom. The standard InChI is InChI=1S/C21H20O8/c22-10-17-18(24)19(25)20(26)21(29-17)27-12-6-7-15-13(8-12)14(23)9-16(28-15)11-4-2-1-3-5-11/h1-9,17-22,24-26H,10H2/t17-,18-,19+,20-,21-/m1/s1. The molecule has 1 aliphatic heterocycles. The van der Waals surface area contributed by atoms with Crippen LogP contribution in [0, 0.1) is 0 Å². The summed E-state index contributed by atoms with van der Waals surface area (Å²) in [7, 11) is 0. The molecule has 4 rings (SSSR count). The fraction of sp³-hybridized carbons (Fsp3) is 0.286. The summed E-state index contributed by atoms with van der Waals surface area (Å²) in [6.45, 7) is -0.561. The van der Waals surface area contributed by atoms with Crippen molar-refractivity contribution >= 4 is 11.0 Å². The Bertz CT molecular complexity index is 1050. The van der Waals surface area contributed by atoms with Crippen LogP contribution in [0.2, 0.25) is 0 Å². The number of ether oxygens (including phenoxy) is 2. The second kappa shape index (κ2) is 7.94. The van der Waals surface area contributed by atoms with Gasteiger partial charge in [0.2, 0.25) is 6.29 Å². The molecule has 2 aromatic carbocycles. The Kier molecular flexibility index (Phi) is 5.35. The lowest BCUT2D eigenvalue weighted by molar-refractivity contribution is -0.277. The Balaban J connectivity index is 1.63. The molecule has 8 nitrogen and oxygen atoms in total. The van der Waals surface area contributed by atoms with Gasteiger partial charge in [-0.3, -0.25) is 4.79 Å². The SMILES string of the molecule is O=c1cc(-c2ccccc2)oc2ccc(O[C@@H]3O[C@H](CO)[C@@H](O)[C@H](O)[C@H]3O)cc12. The van der Waals surface area contributed by atoms with E-state index in [1.165, 1.54) is 18.2 Å². The molecule has 0 unspecified atom stereocenters. The molecule has 1 fully saturated rings. The van der Waals surface area contributed by atoms with E-state index in [-0.39, 0.29) is 16.6 Å². The Hall–Kier alpha value is -2.75. The number of fused-ring (bicyclic) bond motifs is 1. The van der Waals surface area contributed by atoms with Gasteiger partial charge in [0.25, 0.3) is 0 Å². The molecule has 0 spiro atoms. The van der Waals surface area contributed by atoms with E-state index in [9.17, 15) is 25.2 Å². The molecule has 8 heteroatoms. The first-order valence-electron chi connectivity index (χ1n) is 9.08. The quantitative estimate of drug-likeness (QED) is 0.502. The van der Waals surface area contributed by atoms with Crippen LogP contribution in [0.3, 0.4) is 0 Å². The van der Waals surface area contributed by atoms with Crippen LogP contribution in [0.4, 0.5) is 0 Å². The van der Waals surface area contributed by atoms with Gasteiger partial charge in [-0.05, 0) is 18.2 Å². The topological polar surface area (TPSA) is 130 Å². The highest BCUT2D eigenvalue weighted by molar-refractivity contribution is 5.80. The third kappa shape index (κ3) is 3.76. The summed E-state index contributed by atoms with van der Waals surface area (Å²) in [5, 5.41) is 39.3. The molecule has 0 saturated carbocycles. The third-order valence-corrected chi connectivity index (χ3v) is 4.86. The maximum Gasteiger partial charge on any atom is 0.229 e. The van der Waals surface area contributed by atoms with Crippen molar-refractivity contribution in [3.63, 3.8) is 0 Å². The minimum Gasteiger partial charge on any atom is -0.462 e.